The van der Waals surface area contributed by atoms with Gasteiger partial charge in [0.15, 0.2) is 0 Å². The Kier molecular flexibility index (Phi) is 3.49. The van der Waals surface area contributed by atoms with E-state index >= 15 is 0 Å². The van der Waals surface area contributed by atoms with E-state index in [4.69, 9.17) is 0 Å². The minimum atomic E-state index is 0.0340. The summed E-state index contributed by atoms with van der Waals surface area (Å²) in [6, 6.07) is 13.6. The van der Waals surface area contributed by atoms with Crippen molar-refractivity contribution >= 4 is 5.91 Å². The molecule has 4 heteroatoms. The minimum Gasteiger partial charge on any atom is -0.346 e. The van der Waals surface area contributed by atoms with Gasteiger partial charge in [0.2, 0.25) is 0 Å². The van der Waals surface area contributed by atoms with E-state index in [0.29, 0.717) is 12.1 Å². The fourth-order valence-corrected chi connectivity index (χ4v) is 4.10. The highest BCUT2D eigenvalue weighted by Gasteiger charge is 2.39. The molecule has 23 heavy (non-hydrogen) atoms. The van der Waals surface area contributed by atoms with Crippen LogP contribution in [0.25, 0.3) is 11.3 Å². The Morgan fingerprint density at radius 3 is 2.74 bits per heavy atom. The third kappa shape index (κ3) is 2.47. The number of rotatable bonds is 3. The summed E-state index contributed by atoms with van der Waals surface area (Å²) in [5.74, 6) is 0.0340. The summed E-state index contributed by atoms with van der Waals surface area (Å²) in [4.78, 5) is 12.7. The van der Waals surface area contributed by atoms with Crippen LogP contribution >= 0.6 is 0 Å². The van der Waals surface area contributed by atoms with E-state index in [1.165, 1.54) is 24.0 Å². The van der Waals surface area contributed by atoms with Crippen LogP contribution in [-0.2, 0) is 7.05 Å². The summed E-state index contributed by atoms with van der Waals surface area (Å²) < 4.78 is 2.00. The Morgan fingerprint density at radius 1 is 1.22 bits per heavy atom. The zero-order valence-electron chi connectivity index (χ0n) is 13.7. The zero-order valence-corrected chi connectivity index (χ0v) is 13.7. The first-order valence-corrected chi connectivity index (χ1v) is 8.42. The number of nitrogens with zero attached hydrogens (tertiary/aromatic N) is 1. The van der Waals surface area contributed by atoms with Gasteiger partial charge < -0.3 is 15.2 Å². The predicted molar refractivity (Wildman–Crippen MR) is 91.4 cm³/mol. The largest absolute Gasteiger partial charge is 0.346 e. The highest BCUT2D eigenvalue weighted by atomic mass is 16.2. The quantitative estimate of drug-likeness (QED) is 0.915. The highest BCUT2D eigenvalue weighted by Crippen LogP contribution is 2.29. The molecule has 2 aromatic rings. The third-order valence-corrected chi connectivity index (χ3v) is 5.39. The van der Waals surface area contributed by atoms with Gasteiger partial charge in [0.05, 0.1) is 0 Å². The van der Waals surface area contributed by atoms with Crippen molar-refractivity contribution in [1.82, 2.24) is 15.2 Å². The third-order valence-electron chi connectivity index (χ3n) is 5.39. The van der Waals surface area contributed by atoms with Crippen LogP contribution < -0.4 is 10.6 Å². The summed E-state index contributed by atoms with van der Waals surface area (Å²) in [5.41, 5.74) is 4.21. The smallest absolute Gasteiger partial charge is 0.268 e. The molecule has 1 aromatic heterocycles. The molecule has 2 aliphatic rings. The molecular formula is C19H23N3O. The monoisotopic (exact) mass is 309 g/mol. The van der Waals surface area contributed by atoms with Crippen LogP contribution in [0.15, 0.2) is 36.4 Å². The number of hydrogen-bond donors (Lipinski definition) is 2. The molecule has 4 nitrogen and oxygen atoms in total. The number of aryl methyl sites for hydroxylation is 1. The van der Waals surface area contributed by atoms with Gasteiger partial charge in [-0.15, -0.1) is 0 Å². The number of nitrogens with one attached hydrogen (secondary N) is 2. The lowest BCUT2D eigenvalue weighted by Crippen LogP contribution is -2.43. The van der Waals surface area contributed by atoms with Crippen molar-refractivity contribution in [2.45, 2.75) is 44.3 Å². The van der Waals surface area contributed by atoms with Gasteiger partial charge in [0, 0.05) is 36.4 Å². The SMILES string of the molecule is Cc1ccccc1-c1ccc(C(=O)N[C@@H]2C[C@H]3CC[C@@H]2N3)n1C. The second kappa shape index (κ2) is 5.53. The Bertz CT molecular complexity index is 749. The molecule has 2 N–H and O–H groups in total. The normalized spacial score (nSPS) is 25.7. The first kappa shape index (κ1) is 14.5. The molecule has 0 aliphatic carbocycles. The van der Waals surface area contributed by atoms with Crippen molar-refractivity contribution in [2.75, 3.05) is 0 Å². The summed E-state index contributed by atoms with van der Waals surface area (Å²) >= 11 is 0. The van der Waals surface area contributed by atoms with E-state index in [1.807, 2.05) is 35.9 Å². The molecule has 0 spiro atoms. The molecule has 0 radical (unpaired) electrons. The van der Waals surface area contributed by atoms with Gasteiger partial charge in [-0.1, -0.05) is 24.3 Å². The van der Waals surface area contributed by atoms with E-state index in [-0.39, 0.29) is 11.9 Å². The van der Waals surface area contributed by atoms with Crippen molar-refractivity contribution in [2.24, 2.45) is 7.05 Å². The van der Waals surface area contributed by atoms with Crippen molar-refractivity contribution in [3.63, 3.8) is 0 Å². The van der Waals surface area contributed by atoms with Crippen LogP contribution in [0.1, 0.15) is 35.3 Å². The molecule has 1 aromatic carbocycles. The second-order valence-corrected chi connectivity index (χ2v) is 6.84. The maximum atomic E-state index is 12.7. The lowest BCUT2D eigenvalue weighted by atomic mass is 9.95. The molecule has 120 valence electrons. The number of hydrogen-bond acceptors (Lipinski definition) is 2. The lowest BCUT2D eigenvalue weighted by Gasteiger charge is -2.21. The molecule has 2 fully saturated rings. The van der Waals surface area contributed by atoms with Gasteiger partial charge >= 0.3 is 0 Å². The van der Waals surface area contributed by atoms with Gasteiger partial charge in [0.25, 0.3) is 5.91 Å². The highest BCUT2D eigenvalue weighted by molar-refractivity contribution is 5.94. The summed E-state index contributed by atoms with van der Waals surface area (Å²) in [6.07, 6.45) is 3.49. The standard InChI is InChI=1S/C19H23N3O/c1-12-5-3-4-6-14(12)17-9-10-18(22(17)2)19(23)21-16-11-13-7-8-15(16)20-13/h3-6,9-10,13,15-16,20H,7-8,11H2,1-2H3,(H,21,23)/t13-,15+,16-/m1/s1. The first-order chi connectivity index (χ1) is 11.1. The van der Waals surface area contributed by atoms with Crippen molar-refractivity contribution in [3.8, 4) is 11.3 Å². The molecule has 0 unspecified atom stereocenters. The summed E-state index contributed by atoms with van der Waals surface area (Å²) in [7, 11) is 1.97. The second-order valence-electron chi connectivity index (χ2n) is 6.84. The maximum absolute atomic E-state index is 12.7. The van der Waals surface area contributed by atoms with Gasteiger partial charge in [-0.3, -0.25) is 4.79 Å². The number of carbonyl (C=O) groups excluding carboxylic acids is 1. The first-order valence-electron chi connectivity index (χ1n) is 8.42. The summed E-state index contributed by atoms with van der Waals surface area (Å²) in [5, 5.41) is 6.79. The maximum Gasteiger partial charge on any atom is 0.268 e. The number of benzene rings is 1. The fraction of sp³-hybridized carbons (Fsp3) is 0.421. The molecule has 2 saturated heterocycles. The van der Waals surface area contributed by atoms with E-state index in [9.17, 15) is 4.79 Å². The number of amides is 1. The fourth-order valence-electron chi connectivity index (χ4n) is 4.10. The van der Waals surface area contributed by atoms with Gasteiger partial charge in [-0.05, 0) is 43.9 Å². The molecule has 2 aliphatic heterocycles. The van der Waals surface area contributed by atoms with Crippen LogP contribution in [0, 0.1) is 6.92 Å². The molecule has 3 heterocycles. The minimum absolute atomic E-state index is 0.0340. The van der Waals surface area contributed by atoms with Gasteiger partial charge in [-0.25, -0.2) is 0 Å². The van der Waals surface area contributed by atoms with Crippen molar-refractivity contribution in [1.29, 1.82) is 0 Å². The van der Waals surface area contributed by atoms with Crippen LogP contribution in [0.4, 0.5) is 0 Å². The summed E-state index contributed by atoms with van der Waals surface area (Å²) in [6.45, 7) is 2.10. The average molecular weight is 309 g/mol. The van der Waals surface area contributed by atoms with E-state index in [2.05, 4.69) is 29.7 Å². The van der Waals surface area contributed by atoms with Crippen molar-refractivity contribution < 1.29 is 4.79 Å². The van der Waals surface area contributed by atoms with Crippen LogP contribution in [0.2, 0.25) is 0 Å². The Labute approximate surface area is 136 Å². The van der Waals surface area contributed by atoms with Crippen LogP contribution in [0.5, 0.6) is 0 Å². The molecule has 0 saturated carbocycles. The van der Waals surface area contributed by atoms with E-state index in [0.717, 1.165) is 17.8 Å². The van der Waals surface area contributed by atoms with Gasteiger partial charge in [0.1, 0.15) is 5.69 Å². The van der Waals surface area contributed by atoms with Crippen LogP contribution in [-0.4, -0.2) is 28.6 Å². The molecule has 1 amide bonds. The average Bonchev–Trinajstić information content (AvgIpc) is 3.23. The molecule has 4 rings (SSSR count). The number of fused-ring (bicyclic) bond motifs is 2. The molecule has 3 atom stereocenters. The lowest BCUT2D eigenvalue weighted by molar-refractivity contribution is 0.0923. The van der Waals surface area contributed by atoms with Crippen molar-refractivity contribution in [3.05, 3.63) is 47.7 Å². The number of aromatic nitrogens is 1. The molecule has 2 bridgehead atoms. The number of carbonyl (C=O) groups is 1. The molecular weight excluding hydrogens is 286 g/mol. The van der Waals surface area contributed by atoms with Crippen LogP contribution in [0.3, 0.4) is 0 Å². The van der Waals surface area contributed by atoms with E-state index in [1.54, 1.807) is 0 Å². The Hall–Kier alpha value is -2.07. The Morgan fingerprint density at radius 2 is 2.04 bits per heavy atom. The van der Waals surface area contributed by atoms with Gasteiger partial charge in [-0.2, -0.15) is 0 Å². The zero-order chi connectivity index (χ0) is 16.0. The van der Waals surface area contributed by atoms with E-state index < -0.39 is 0 Å². The predicted octanol–water partition coefficient (Wildman–Crippen LogP) is 2.62. The Balaban J connectivity index is 1.56. The topological polar surface area (TPSA) is 46.1 Å².